The Morgan fingerprint density at radius 2 is 2.00 bits per heavy atom. The quantitative estimate of drug-likeness (QED) is 0.920. The first kappa shape index (κ1) is 15.4. The van der Waals surface area contributed by atoms with Crippen molar-refractivity contribution in [3.8, 4) is 0 Å². The molecule has 2 fully saturated rings. The van der Waals surface area contributed by atoms with Crippen LogP contribution in [-0.2, 0) is 4.79 Å². The molecule has 22 heavy (non-hydrogen) atoms. The molecule has 2 aliphatic heterocycles. The number of likely N-dealkylation sites (tertiary alicyclic amines) is 2. The minimum absolute atomic E-state index is 0.0272. The van der Waals surface area contributed by atoms with Crippen molar-refractivity contribution in [1.82, 2.24) is 14.8 Å². The van der Waals surface area contributed by atoms with Crippen LogP contribution in [0.5, 0.6) is 0 Å². The summed E-state index contributed by atoms with van der Waals surface area (Å²) in [6.45, 7) is 3.49. The highest BCUT2D eigenvalue weighted by Crippen LogP contribution is 2.36. The number of hydrogen-bond acceptors (Lipinski definition) is 5. The largest absolute Gasteiger partial charge is 0.476 e. The average molecular weight is 323 g/mol. The van der Waals surface area contributed by atoms with Crippen LogP contribution in [0.4, 0.5) is 0 Å². The Labute approximate surface area is 133 Å². The second-order valence-electron chi connectivity index (χ2n) is 6.09. The van der Waals surface area contributed by atoms with Crippen LogP contribution in [0, 0.1) is 6.92 Å². The Balaban J connectivity index is 1.82. The van der Waals surface area contributed by atoms with Gasteiger partial charge in [0.15, 0.2) is 5.69 Å². The number of carbonyl (C=O) groups is 2. The first-order chi connectivity index (χ1) is 10.5. The van der Waals surface area contributed by atoms with Crippen molar-refractivity contribution in [2.24, 2.45) is 0 Å². The van der Waals surface area contributed by atoms with Gasteiger partial charge in [0.25, 0.3) is 0 Å². The van der Waals surface area contributed by atoms with Crippen LogP contribution in [-0.4, -0.2) is 57.9 Å². The molecular weight excluding hydrogens is 302 g/mol. The van der Waals surface area contributed by atoms with Crippen molar-refractivity contribution in [2.75, 3.05) is 20.1 Å². The van der Waals surface area contributed by atoms with Gasteiger partial charge in [-0.05, 0) is 46.2 Å². The number of aryl methyl sites for hydroxylation is 1. The van der Waals surface area contributed by atoms with Crippen molar-refractivity contribution in [1.29, 1.82) is 0 Å². The van der Waals surface area contributed by atoms with E-state index in [0.29, 0.717) is 4.88 Å². The summed E-state index contributed by atoms with van der Waals surface area (Å²) in [5.74, 6) is -0.821. The van der Waals surface area contributed by atoms with E-state index in [4.69, 9.17) is 5.11 Å². The van der Waals surface area contributed by atoms with Crippen LogP contribution in [0.2, 0.25) is 0 Å². The van der Waals surface area contributed by atoms with Crippen molar-refractivity contribution in [3.05, 3.63) is 15.6 Å². The fourth-order valence-corrected chi connectivity index (χ4v) is 4.52. The lowest BCUT2D eigenvalue weighted by Gasteiger charge is -2.28. The number of amides is 1. The number of aromatic carboxylic acids is 1. The van der Waals surface area contributed by atoms with Crippen LogP contribution < -0.4 is 0 Å². The number of hydrogen-bond donors (Lipinski definition) is 1. The zero-order chi connectivity index (χ0) is 15.9. The van der Waals surface area contributed by atoms with Gasteiger partial charge >= 0.3 is 5.97 Å². The lowest BCUT2D eigenvalue weighted by molar-refractivity contribution is -0.136. The number of carbonyl (C=O) groups excluding carboxylic acids is 1. The number of likely N-dealkylation sites (N-methyl/N-ethyl adjacent to an activating group) is 1. The lowest BCUT2D eigenvalue weighted by atomic mass is 10.1. The van der Waals surface area contributed by atoms with Crippen molar-refractivity contribution in [3.63, 3.8) is 0 Å². The van der Waals surface area contributed by atoms with Gasteiger partial charge in [-0.25, -0.2) is 9.78 Å². The molecule has 3 rings (SSSR count). The van der Waals surface area contributed by atoms with Gasteiger partial charge in [-0.2, -0.15) is 0 Å². The maximum Gasteiger partial charge on any atom is 0.355 e. The SMILES string of the molecule is Cc1sc(C2CCCN2C(=O)[C@H]2CCCN2C)nc1C(=O)O. The van der Waals surface area contributed by atoms with Gasteiger partial charge in [-0.1, -0.05) is 0 Å². The zero-order valence-corrected chi connectivity index (χ0v) is 13.7. The van der Waals surface area contributed by atoms with E-state index in [9.17, 15) is 9.59 Å². The van der Waals surface area contributed by atoms with Crippen LogP contribution in [0.15, 0.2) is 0 Å². The predicted molar refractivity (Wildman–Crippen MR) is 83.2 cm³/mol. The van der Waals surface area contributed by atoms with Crippen molar-refractivity contribution in [2.45, 2.75) is 44.7 Å². The number of carboxylic acids is 1. The summed E-state index contributed by atoms with van der Waals surface area (Å²) in [5.41, 5.74) is 0.122. The summed E-state index contributed by atoms with van der Waals surface area (Å²) < 4.78 is 0. The molecule has 1 aromatic heterocycles. The van der Waals surface area contributed by atoms with Crippen LogP contribution in [0.25, 0.3) is 0 Å². The minimum Gasteiger partial charge on any atom is -0.476 e. The number of carboxylic acid groups (broad SMARTS) is 1. The average Bonchev–Trinajstić information content (AvgIpc) is 3.16. The highest BCUT2D eigenvalue weighted by Gasteiger charge is 2.38. The van der Waals surface area contributed by atoms with E-state index in [1.807, 2.05) is 11.9 Å². The van der Waals surface area contributed by atoms with E-state index < -0.39 is 5.97 Å². The van der Waals surface area contributed by atoms with Gasteiger partial charge in [-0.3, -0.25) is 9.69 Å². The van der Waals surface area contributed by atoms with E-state index in [2.05, 4.69) is 9.88 Å². The molecule has 1 amide bonds. The summed E-state index contributed by atoms with van der Waals surface area (Å²) >= 11 is 1.41. The smallest absolute Gasteiger partial charge is 0.355 e. The normalized spacial score (nSPS) is 25.8. The molecule has 1 aromatic rings. The molecule has 1 N–H and O–H groups in total. The van der Waals surface area contributed by atoms with E-state index >= 15 is 0 Å². The monoisotopic (exact) mass is 323 g/mol. The standard InChI is InChI=1S/C15H21N3O3S/c1-9-12(15(20)21)16-13(22-9)10-5-4-8-18(10)14(19)11-6-3-7-17(11)2/h10-11H,3-8H2,1-2H3,(H,20,21)/t10?,11-/m1/s1. The van der Waals surface area contributed by atoms with Gasteiger partial charge in [-0.15, -0.1) is 11.3 Å². The number of rotatable bonds is 3. The van der Waals surface area contributed by atoms with Gasteiger partial charge in [0, 0.05) is 11.4 Å². The molecular formula is C15H21N3O3S. The van der Waals surface area contributed by atoms with Crippen molar-refractivity contribution < 1.29 is 14.7 Å². The number of thiazole rings is 1. The lowest BCUT2D eigenvalue weighted by Crippen LogP contribution is -2.43. The minimum atomic E-state index is -0.994. The summed E-state index contributed by atoms with van der Waals surface area (Å²) in [7, 11) is 2.00. The van der Waals surface area contributed by atoms with Crippen LogP contribution in [0.1, 0.15) is 52.1 Å². The molecule has 0 aliphatic carbocycles. The summed E-state index contributed by atoms with van der Waals surface area (Å²) in [6.07, 6.45) is 3.79. The fraction of sp³-hybridized carbons (Fsp3) is 0.667. The zero-order valence-electron chi connectivity index (χ0n) is 12.9. The van der Waals surface area contributed by atoms with Gasteiger partial charge in [0.1, 0.15) is 5.01 Å². The highest BCUT2D eigenvalue weighted by atomic mass is 32.1. The Morgan fingerprint density at radius 1 is 1.27 bits per heavy atom. The second kappa shape index (κ2) is 5.96. The Morgan fingerprint density at radius 3 is 2.59 bits per heavy atom. The van der Waals surface area contributed by atoms with Gasteiger partial charge in [0.2, 0.25) is 5.91 Å². The molecule has 0 saturated carbocycles. The first-order valence-electron chi connectivity index (χ1n) is 7.70. The molecule has 2 saturated heterocycles. The van der Waals surface area contributed by atoms with Crippen LogP contribution in [0.3, 0.4) is 0 Å². The number of aromatic nitrogens is 1. The molecule has 2 aliphatic rings. The first-order valence-corrected chi connectivity index (χ1v) is 8.52. The highest BCUT2D eigenvalue weighted by molar-refractivity contribution is 7.12. The summed E-state index contributed by atoms with van der Waals surface area (Å²) in [6, 6.07) is -0.0843. The van der Waals surface area contributed by atoms with E-state index in [1.54, 1.807) is 6.92 Å². The third kappa shape index (κ3) is 2.63. The molecule has 0 bridgehead atoms. The topological polar surface area (TPSA) is 73.7 Å². The third-order valence-electron chi connectivity index (χ3n) is 4.64. The molecule has 7 heteroatoms. The van der Waals surface area contributed by atoms with Crippen LogP contribution >= 0.6 is 11.3 Å². The van der Waals surface area contributed by atoms with Crippen molar-refractivity contribution >= 4 is 23.2 Å². The molecule has 0 aromatic carbocycles. The molecule has 2 atom stereocenters. The van der Waals surface area contributed by atoms with E-state index in [-0.39, 0.29) is 23.7 Å². The maximum atomic E-state index is 12.8. The van der Waals surface area contributed by atoms with Gasteiger partial charge < -0.3 is 10.0 Å². The summed E-state index contributed by atoms with van der Waals surface area (Å²) in [4.78, 5) is 33.0. The molecule has 0 radical (unpaired) electrons. The van der Waals surface area contributed by atoms with Gasteiger partial charge in [0.05, 0.1) is 12.1 Å². The second-order valence-corrected chi connectivity index (χ2v) is 7.33. The molecule has 3 heterocycles. The van der Waals surface area contributed by atoms with E-state index in [0.717, 1.165) is 43.8 Å². The molecule has 120 valence electrons. The summed E-state index contributed by atoms with van der Waals surface area (Å²) in [5, 5.41) is 9.93. The molecule has 1 unspecified atom stereocenters. The Hall–Kier alpha value is -1.47. The predicted octanol–water partition coefficient (Wildman–Crippen LogP) is 1.91. The maximum absolute atomic E-state index is 12.8. The third-order valence-corrected chi connectivity index (χ3v) is 5.71. The fourth-order valence-electron chi connectivity index (χ4n) is 3.46. The van der Waals surface area contributed by atoms with E-state index in [1.165, 1.54) is 11.3 Å². The molecule has 0 spiro atoms. The Bertz CT molecular complexity index is 601. The molecule has 6 nitrogen and oxygen atoms in total. The Kier molecular flexibility index (Phi) is 4.18. The number of nitrogens with zero attached hydrogens (tertiary/aromatic N) is 3.